The molecule has 5 heteroatoms. The molecule has 1 rings (SSSR count). The standard InChI is InChI=1S/C9H10F3NO/c10-7-3-1-2-6(4-7)8(14)9(11,12)5-13/h1-4,8,14H,5,13H2. The van der Waals surface area contributed by atoms with Crippen LogP contribution in [0.1, 0.15) is 11.7 Å². The third-order valence-electron chi connectivity index (χ3n) is 1.84. The number of nitrogens with two attached hydrogens (primary N) is 1. The highest BCUT2D eigenvalue weighted by molar-refractivity contribution is 5.20. The Morgan fingerprint density at radius 1 is 1.43 bits per heavy atom. The average Bonchev–Trinajstić information content (AvgIpc) is 2.16. The number of hydrogen-bond donors (Lipinski definition) is 2. The molecule has 0 saturated carbocycles. The predicted molar refractivity (Wildman–Crippen MR) is 45.4 cm³/mol. The first-order valence-electron chi connectivity index (χ1n) is 3.99. The lowest BCUT2D eigenvalue weighted by Gasteiger charge is -2.20. The zero-order valence-corrected chi connectivity index (χ0v) is 7.25. The molecular formula is C9H10F3NO. The Kier molecular flexibility index (Phi) is 3.13. The van der Waals surface area contributed by atoms with E-state index >= 15 is 0 Å². The maximum absolute atomic E-state index is 12.9. The molecule has 3 N–H and O–H groups in total. The summed E-state index contributed by atoms with van der Waals surface area (Å²) in [7, 11) is 0. The molecule has 1 unspecified atom stereocenters. The van der Waals surface area contributed by atoms with Crippen LogP contribution in [0.3, 0.4) is 0 Å². The molecule has 0 fully saturated rings. The van der Waals surface area contributed by atoms with Crippen molar-refractivity contribution in [3.8, 4) is 0 Å². The van der Waals surface area contributed by atoms with Crippen LogP contribution in [-0.4, -0.2) is 17.6 Å². The van der Waals surface area contributed by atoms with Gasteiger partial charge in [-0.15, -0.1) is 0 Å². The zero-order valence-electron chi connectivity index (χ0n) is 7.25. The Morgan fingerprint density at radius 3 is 2.57 bits per heavy atom. The second-order valence-corrected chi connectivity index (χ2v) is 2.92. The monoisotopic (exact) mass is 205 g/mol. The van der Waals surface area contributed by atoms with Crippen molar-refractivity contribution >= 4 is 0 Å². The molecule has 1 aromatic rings. The van der Waals surface area contributed by atoms with Crippen molar-refractivity contribution < 1.29 is 18.3 Å². The molecule has 0 bridgehead atoms. The van der Waals surface area contributed by atoms with Gasteiger partial charge in [-0.05, 0) is 17.7 Å². The minimum atomic E-state index is -3.44. The molecule has 0 heterocycles. The number of alkyl halides is 2. The fourth-order valence-electron chi connectivity index (χ4n) is 1.03. The minimum absolute atomic E-state index is 0.180. The molecule has 1 atom stereocenters. The minimum Gasteiger partial charge on any atom is -0.382 e. The van der Waals surface area contributed by atoms with E-state index in [-0.39, 0.29) is 5.56 Å². The van der Waals surface area contributed by atoms with E-state index < -0.39 is 24.4 Å². The van der Waals surface area contributed by atoms with Crippen LogP contribution in [0.2, 0.25) is 0 Å². The van der Waals surface area contributed by atoms with E-state index in [1.807, 2.05) is 0 Å². The van der Waals surface area contributed by atoms with Crippen molar-refractivity contribution in [3.63, 3.8) is 0 Å². The molecule has 1 aromatic carbocycles. The molecule has 0 radical (unpaired) electrons. The van der Waals surface area contributed by atoms with E-state index in [4.69, 9.17) is 5.73 Å². The largest absolute Gasteiger partial charge is 0.382 e. The normalized spacial score (nSPS) is 14.1. The van der Waals surface area contributed by atoms with E-state index in [2.05, 4.69) is 0 Å². The van der Waals surface area contributed by atoms with Gasteiger partial charge in [0.15, 0.2) is 0 Å². The summed E-state index contributed by atoms with van der Waals surface area (Å²) in [5.74, 6) is -4.11. The number of halogens is 3. The van der Waals surface area contributed by atoms with Crippen LogP contribution >= 0.6 is 0 Å². The molecule has 0 saturated heterocycles. The van der Waals surface area contributed by atoms with E-state index in [1.54, 1.807) is 0 Å². The zero-order chi connectivity index (χ0) is 10.8. The molecule has 2 nitrogen and oxygen atoms in total. The van der Waals surface area contributed by atoms with Gasteiger partial charge < -0.3 is 10.8 Å². The molecule has 78 valence electrons. The molecule has 0 spiro atoms. The molecule has 0 amide bonds. The number of hydrogen-bond acceptors (Lipinski definition) is 2. The van der Waals surface area contributed by atoms with Crippen LogP contribution in [0, 0.1) is 5.82 Å². The fraction of sp³-hybridized carbons (Fsp3) is 0.333. The van der Waals surface area contributed by atoms with Gasteiger partial charge in [-0.3, -0.25) is 0 Å². The summed E-state index contributed by atoms with van der Waals surface area (Å²) in [5, 5.41) is 9.18. The second-order valence-electron chi connectivity index (χ2n) is 2.92. The van der Waals surface area contributed by atoms with Crippen molar-refractivity contribution in [1.82, 2.24) is 0 Å². The van der Waals surface area contributed by atoms with Crippen LogP contribution in [0.15, 0.2) is 24.3 Å². The van der Waals surface area contributed by atoms with E-state index in [1.165, 1.54) is 12.1 Å². The van der Waals surface area contributed by atoms with Gasteiger partial charge in [0.25, 0.3) is 5.92 Å². The Labute approximate surface area is 79.2 Å². The lowest BCUT2D eigenvalue weighted by Crippen LogP contribution is -2.34. The lowest BCUT2D eigenvalue weighted by molar-refractivity contribution is -0.102. The van der Waals surface area contributed by atoms with Crippen LogP contribution < -0.4 is 5.73 Å². The van der Waals surface area contributed by atoms with Crippen LogP contribution in [-0.2, 0) is 0 Å². The first-order chi connectivity index (χ1) is 6.47. The van der Waals surface area contributed by atoms with Gasteiger partial charge in [0.05, 0.1) is 6.54 Å². The predicted octanol–water partition coefficient (Wildman–Crippen LogP) is 1.45. The average molecular weight is 205 g/mol. The van der Waals surface area contributed by atoms with E-state index in [0.717, 1.165) is 12.1 Å². The quantitative estimate of drug-likeness (QED) is 0.784. The van der Waals surface area contributed by atoms with Crippen LogP contribution in [0.4, 0.5) is 13.2 Å². The number of benzene rings is 1. The topological polar surface area (TPSA) is 46.2 Å². The molecule has 0 aliphatic carbocycles. The van der Waals surface area contributed by atoms with Gasteiger partial charge in [-0.1, -0.05) is 12.1 Å². The van der Waals surface area contributed by atoms with Crippen molar-refractivity contribution in [2.24, 2.45) is 5.73 Å². The Morgan fingerprint density at radius 2 is 2.07 bits per heavy atom. The van der Waals surface area contributed by atoms with Crippen LogP contribution in [0.25, 0.3) is 0 Å². The summed E-state index contributed by atoms with van der Waals surface area (Å²) in [5.41, 5.74) is 4.60. The van der Waals surface area contributed by atoms with E-state index in [9.17, 15) is 18.3 Å². The van der Waals surface area contributed by atoms with Gasteiger partial charge in [0.2, 0.25) is 0 Å². The molecular weight excluding hydrogens is 195 g/mol. The van der Waals surface area contributed by atoms with Gasteiger partial charge in [-0.25, -0.2) is 13.2 Å². The van der Waals surface area contributed by atoms with E-state index in [0.29, 0.717) is 0 Å². The van der Waals surface area contributed by atoms with Crippen molar-refractivity contribution in [3.05, 3.63) is 35.6 Å². The third kappa shape index (κ3) is 2.24. The Hall–Kier alpha value is -1.07. The smallest absolute Gasteiger partial charge is 0.289 e. The van der Waals surface area contributed by atoms with Gasteiger partial charge in [0, 0.05) is 0 Å². The van der Waals surface area contributed by atoms with Gasteiger partial charge >= 0.3 is 0 Å². The number of aliphatic hydroxyl groups excluding tert-OH is 1. The summed E-state index contributed by atoms with van der Waals surface area (Å²) in [6.07, 6.45) is -2.07. The SMILES string of the molecule is NCC(F)(F)C(O)c1cccc(F)c1. The highest BCUT2D eigenvalue weighted by Gasteiger charge is 2.37. The molecule has 0 aromatic heterocycles. The fourth-order valence-corrected chi connectivity index (χ4v) is 1.03. The molecule has 0 aliphatic rings. The maximum atomic E-state index is 12.9. The Bertz CT molecular complexity index is 317. The third-order valence-corrected chi connectivity index (χ3v) is 1.84. The molecule has 14 heavy (non-hydrogen) atoms. The van der Waals surface area contributed by atoms with Crippen LogP contribution in [0.5, 0.6) is 0 Å². The maximum Gasteiger partial charge on any atom is 0.289 e. The van der Waals surface area contributed by atoms with Crippen molar-refractivity contribution in [2.45, 2.75) is 12.0 Å². The first-order valence-corrected chi connectivity index (χ1v) is 3.99. The first kappa shape index (κ1) is 11.0. The van der Waals surface area contributed by atoms with Gasteiger partial charge in [0.1, 0.15) is 11.9 Å². The Balaban J connectivity index is 2.94. The summed E-state index contributed by atoms with van der Waals surface area (Å²) >= 11 is 0. The lowest BCUT2D eigenvalue weighted by atomic mass is 10.0. The second kappa shape index (κ2) is 3.98. The molecule has 0 aliphatic heterocycles. The van der Waals surface area contributed by atoms with Crippen molar-refractivity contribution in [2.75, 3.05) is 6.54 Å². The van der Waals surface area contributed by atoms with Gasteiger partial charge in [-0.2, -0.15) is 0 Å². The number of aliphatic hydroxyl groups is 1. The number of rotatable bonds is 3. The summed E-state index contributed by atoms with van der Waals surface area (Å²) in [4.78, 5) is 0. The highest BCUT2D eigenvalue weighted by Crippen LogP contribution is 2.30. The summed E-state index contributed by atoms with van der Waals surface area (Å²) < 4.78 is 38.4. The summed E-state index contributed by atoms with van der Waals surface area (Å²) in [6.45, 7) is -0.981. The highest BCUT2D eigenvalue weighted by atomic mass is 19.3. The summed E-state index contributed by atoms with van der Waals surface area (Å²) in [6, 6.07) is 4.43. The van der Waals surface area contributed by atoms with Crippen molar-refractivity contribution in [1.29, 1.82) is 0 Å².